The van der Waals surface area contributed by atoms with Crippen molar-refractivity contribution in [3.63, 3.8) is 0 Å². The van der Waals surface area contributed by atoms with E-state index in [1.54, 1.807) is 0 Å². The second-order valence-corrected chi connectivity index (χ2v) is 7.36. The average molecular weight is 366 g/mol. The summed E-state index contributed by atoms with van der Waals surface area (Å²) < 4.78 is 2.26. The number of benzene rings is 3. The van der Waals surface area contributed by atoms with Crippen LogP contribution in [0.2, 0.25) is 10.0 Å². The Morgan fingerprint density at radius 3 is 2.44 bits per heavy atom. The van der Waals surface area contributed by atoms with E-state index in [4.69, 9.17) is 23.2 Å². The van der Waals surface area contributed by atoms with Crippen LogP contribution in [0.25, 0.3) is 32.9 Å². The lowest BCUT2D eigenvalue weighted by Crippen LogP contribution is -2.34. The number of aryl methyl sites for hydroxylation is 1. The maximum atomic E-state index is 6.29. The van der Waals surface area contributed by atoms with Crippen molar-refractivity contribution in [2.45, 2.75) is 0 Å². The number of halogens is 2. The predicted octanol–water partition coefficient (Wildman–Crippen LogP) is 5.87. The van der Waals surface area contributed by atoms with E-state index >= 15 is 0 Å². The van der Waals surface area contributed by atoms with E-state index in [1.807, 2.05) is 18.2 Å². The Hall–Kier alpha value is -2.29. The fraction of sp³-hybridized carbons (Fsp3) is 0.0952. The van der Waals surface area contributed by atoms with Gasteiger partial charge in [0.25, 0.3) is 0 Å². The van der Waals surface area contributed by atoms with Crippen molar-refractivity contribution in [1.82, 2.24) is 0 Å². The second kappa shape index (κ2) is 5.10. The van der Waals surface area contributed by atoms with E-state index in [1.165, 1.54) is 33.1 Å². The van der Waals surface area contributed by atoms with Crippen molar-refractivity contribution >= 4 is 56.3 Å². The third kappa shape index (κ3) is 1.95. The van der Waals surface area contributed by atoms with Crippen molar-refractivity contribution < 1.29 is 4.57 Å². The third-order valence-electron chi connectivity index (χ3n) is 5.16. The highest BCUT2D eigenvalue weighted by molar-refractivity contribution is 6.32. The third-order valence-corrected chi connectivity index (χ3v) is 5.63. The van der Waals surface area contributed by atoms with E-state index in [0.717, 1.165) is 21.2 Å². The lowest BCUT2D eigenvalue weighted by Gasteiger charge is -2.29. The molecule has 0 amide bonds. The summed E-state index contributed by atoms with van der Waals surface area (Å²) in [6.07, 6.45) is 0. The first-order valence-electron chi connectivity index (χ1n) is 8.14. The molecule has 0 unspecified atom stereocenters. The zero-order valence-electron chi connectivity index (χ0n) is 13.8. The molecular weight excluding hydrogens is 351 g/mol. The quantitative estimate of drug-likeness (QED) is 0.279. The summed E-state index contributed by atoms with van der Waals surface area (Å²) in [4.78, 5) is 2.22. The van der Waals surface area contributed by atoms with E-state index in [9.17, 15) is 0 Å². The SMILES string of the molecule is CN1c2cc(Cl)ccc2-c2c3c1cccc3c1cc(Cl)ccc1[n+]2C. The van der Waals surface area contributed by atoms with Crippen LogP contribution in [-0.2, 0) is 7.05 Å². The molecule has 0 spiro atoms. The Kier molecular flexibility index (Phi) is 3.06. The first-order valence-corrected chi connectivity index (χ1v) is 8.89. The number of pyridine rings is 1. The molecule has 1 aliphatic rings. The monoisotopic (exact) mass is 365 g/mol. The van der Waals surface area contributed by atoms with Gasteiger partial charge in [-0.25, -0.2) is 0 Å². The highest BCUT2D eigenvalue weighted by atomic mass is 35.5. The Morgan fingerprint density at radius 1 is 0.840 bits per heavy atom. The number of rotatable bonds is 0. The van der Waals surface area contributed by atoms with Gasteiger partial charge in [0.05, 0.1) is 27.7 Å². The molecule has 4 aromatic rings. The first kappa shape index (κ1) is 15.0. The summed E-state index contributed by atoms with van der Waals surface area (Å²) in [6, 6.07) is 18.6. The molecule has 25 heavy (non-hydrogen) atoms. The minimum absolute atomic E-state index is 0.747. The van der Waals surface area contributed by atoms with Gasteiger partial charge >= 0.3 is 0 Å². The molecule has 5 rings (SSSR count). The number of aromatic nitrogens is 1. The van der Waals surface area contributed by atoms with E-state index in [2.05, 4.69) is 60.0 Å². The minimum atomic E-state index is 0.747. The van der Waals surface area contributed by atoms with Gasteiger partial charge in [-0.05, 0) is 36.4 Å². The molecule has 0 N–H and O–H groups in total. The normalized spacial score (nSPS) is 12.7. The fourth-order valence-electron chi connectivity index (χ4n) is 4.03. The number of nitrogens with zero attached hydrogens (tertiary/aromatic N) is 2. The van der Waals surface area contributed by atoms with E-state index in [0.29, 0.717) is 0 Å². The molecule has 4 heteroatoms. The molecule has 3 aromatic carbocycles. The van der Waals surface area contributed by atoms with Gasteiger partial charge < -0.3 is 4.90 Å². The van der Waals surface area contributed by atoms with Gasteiger partial charge in [-0.15, -0.1) is 0 Å². The maximum Gasteiger partial charge on any atom is 0.224 e. The molecule has 0 aliphatic carbocycles. The van der Waals surface area contributed by atoms with Crippen molar-refractivity contribution in [2.24, 2.45) is 7.05 Å². The first-order chi connectivity index (χ1) is 12.1. The number of anilines is 2. The summed E-state index contributed by atoms with van der Waals surface area (Å²) in [5.41, 5.74) is 5.87. The fourth-order valence-corrected chi connectivity index (χ4v) is 4.36. The van der Waals surface area contributed by atoms with Crippen LogP contribution < -0.4 is 9.47 Å². The largest absolute Gasteiger partial charge is 0.343 e. The molecule has 1 aliphatic heterocycles. The number of fused-ring (bicyclic) bond motifs is 4. The van der Waals surface area contributed by atoms with Crippen LogP contribution >= 0.6 is 23.2 Å². The molecular formula is C21H15Cl2N2+. The maximum absolute atomic E-state index is 6.29. The summed E-state index contributed by atoms with van der Waals surface area (Å²) in [5.74, 6) is 0. The van der Waals surface area contributed by atoms with Gasteiger partial charge in [0.15, 0.2) is 0 Å². The van der Waals surface area contributed by atoms with Gasteiger partial charge in [-0.1, -0.05) is 35.3 Å². The van der Waals surface area contributed by atoms with Gasteiger partial charge in [-0.2, -0.15) is 4.57 Å². The molecule has 2 heterocycles. The molecule has 0 fully saturated rings. The predicted molar refractivity (Wildman–Crippen MR) is 106 cm³/mol. The van der Waals surface area contributed by atoms with E-state index in [-0.39, 0.29) is 0 Å². The van der Waals surface area contributed by atoms with Gasteiger partial charge in [0, 0.05) is 28.5 Å². The van der Waals surface area contributed by atoms with Crippen LogP contribution in [0.3, 0.4) is 0 Å². The topological polar surface area (TPSA) is 7.12 Å². The smallest absolute Gasteiger partial charge is 0.224 e. The Morgan fingerprint density at radius 2 is 1.60 bits per heavy atom. The lowest BCUT2D eigenvalue weighted by atomic mass is 9.93. The van der Waals surface area contributed by atoms with Crippen LogP contribution in [0.5, 0.6) is 0 Å². The van der Waals surface area contributed by atoms with Crippen LogP contribution in [0, 0.1) is 0 Å². The Labute approximate surface area is 155 Å². The summed E-state index contributed by atoms with van der Waals surface area (Å²) in [5, 5.41) is 5.13. The molecule has 0 bridgehead atoms. The average Bonchev–Trinajstić information content (AvgIpc) is 2.61. The van der Waals surface area contributed by atoms with Crippen molar-refractivity contribution in [3.05, 3.63) is 64.6 Å². The molecule has 1 aromatic heterocycles. The number of hydrogen-bond donors (Lipinski definition) is 0. The zero-order chi connectivity index (χ0) is 17.3. The zero-order valence-corrected chi connectivity index (χ0v) is 15.4. The van der Waals surface area contributed by atoms with Crippen LogP contribution in [0.4, 0.5) is 11.4 Å². The van der Waals surface area contributed by atoms with Crippen molar-refractivity contribution in [2.75, 3.05) is 11.9 Å². The molecule has 0 atom stereocenters. The highest BCUT2D eigenvalue weighted by Crippen LogP contribution is 2.47. The molecule has 0 radical (unpaired) electrons. The molecule has 0 saturated carbocycles. The Balaban J connectivity index is 2.08. The second-order valence-electron chi connectivity index (χ2n) is 6.49. The van der Waals surface area contributed by atoms with Crippen LogP contribution in [-0.4, -0.2) is 7.05 Å². The molecule has 0 saturated heterocycles. The van der Waals surface area contributed by atoms with Crippen molar-refractivity contribution in [1.29, 1.82) is 0 Å². The van der Waals surface area contributed by atoms with Gasteiger partial charge in [-0.3, -0.25) is 0 Å². The number of hydrogen-bond acceptors (Lipinski definition) is 1. The highest BCUT2D eigenvalue weighted by Gasteiger charge is 2.31. The summed E-state index contributed by atoms with van der Waals surface area (Å²) >= 11 is 12.6. The summed E-state index contributed by atoms with van der Waals surface area (Å²) in [7, 11) is 4.21. The van der Waals surface area contributed by atoms with Crippen LogP contribution in [0.15, 0.2) is 54.6 Å². The van der Waals surface area contributed by atoms with E-state index < -0.39 is 0 Å². The molecule has 122 valence electrons. The van der Waals surface area contributed by atoms with Crippen LogP contribution in [0.1, 0.15) is 0 Å². The Bertz CT molecular complexity index is 1200. The standard InChI is InChI=1S/C21H15Cl2N2/c1-24-18-5-3-4-14-16-10-12(22)7-9-17(16)25(2)21(20(14)18)15-8-6-13(23)11-19(15)24/h3-11H,1-2H3/q+1. The van der Waals surface area contributed by atoms with Gasteiger partial charge in [0.1, 0.15) is 7.05 Å². The lowest BCUT2D eigenvalue weighted by molar-refractivity contribution is -0.632. The minimum Gasteiger partial charge on any atom is -0.343 e. The van der Waals surface area contributed by atoms with Crippen molar-refractivity contribution in [3.8, 4) is 11.3 Å². The summed E-state index contributed by atoms with van der Waals surface area (Å²) in [6.45, 7) is 0. The molecule has 2 nitrogen and oxygen atoms in total. The van der Waals surface area contributed by atoms with Gasteiger partial charge in [0.2, 0.25) is 11.2 Å².